The van der Waals surface area contributed by atoms with Crippen molar-refractivity contribution in [3.8, 4) is 5.69 Å². The third-order valence-corrected chi connectivity index (χ3v) is 8.76. The van der Waals surface area contributed by atoms with E-state index in [2.05, 4.69) is 43.0 Å². The first-order valence-electron chi connectivity index (χ1n) is 12.9. The Hall–Kier alpha value is -2.73. The van der Waals surface area contributed by atoms with Crippen molar-refractivity contribution in [2.45, 2.75) is 78.9 Å². The smallest absolute Gasteiger partial charge is 0.244 e. The van der Waals surface area contributed by atoms with Gasteiger partial charge in [0.25, 0.3) is 0 Å². The number of carbonyl (C=O) groups excluding carboxylic acids is 1. The molecule has 2 aromatic rings. The zero-order valence-corrected chi connectivity index (χ0v) is 21.6. The normalized spacial score (nSPS) is 28.4. The number of amides is 1. The lowest BCUT2D eigenvalue weighted by Crippen LogP contribution is -2.54. The van der Waals surface area contributed by atoms with Crippen molar-refractivity contribution in [3.63, 3.8) is 0 Å². The molecule has 0 saturated heterocycles. The molecule has 2 aliphatic carbocycles. The Labute approximate surface area is 209 Å². The van der Waals surface area contributed by atoms with Gasteiger partial charge >= 0.3 is 0 Å². The topological polar surface area (TPSA) is 80.0 Å². The third-order valence-electron chi connectivity index (χ3n) is 8.76. The third kappa shape index (κ3) is 5.27. The van der Waals surface area contributed by atoms with Crippen LogP contribution >= 0.6 is 0 Å². The fourth-order valence-electron chi connectivity index (χ4n) is 6.68. The highest BCUT2D eigenvalue weighted by atomic mass is 16.3. The zero-order chi connectivity index (χ0) is 25.2. The molecule has 4 atom stereocenters. The molecular formula is C29H40N4O2. The maximum absolute atomic E-state index is 12.5. The largest absolute Gasteiger partial charge is 0.393 e. The summed E-state index contributed by atoms with van der Waals surface area (Å²) in [4.78, 5) is 12.5. The number of rotatable bonds is 7. The summed E-state index contributed by atoms with van der Waals surface area (Å²) in [5.41, 5.74) is 4.15. The Morgan fingerprint density at radius 1 is 1.26 bits per heavy atom. The van der Waals surface area contributed by atoms with E-state index in [0.717, 1.165) is 49.8 Å². The first-order chi connectivity index (χ1) is 16.6. The second kappa shape index (κ2) is 10.1. The molecule has 1 amide bonds. The molecule has 0 spiro atoms. The number of hydrogen-bond acceptors (Lipinski definition) is 4. The average Bonchev–Trinajstić information content (AvgIpc) is 3.30. The summed E-state index contributed by atoms with van der Waals surface area (Å²) in [5.74, 6) is 0.809. The van der Waals surface area contributed by atoms with Crippen molar-refractivity contribution in [2.24, 2.45) is 22.7 Å². The molecule has 0 aliphatic heterocycles. The molecule has 2 N–H and O–H groups in total. The first-order valence-corrected chi connectivity index (χ1v) is 12.9. The number of para-hydroxylation sites is 1. The van der Waals surface area contributed by atoms with E-state index < -0.39 is 0 Å². The number of aliphatic hydroxyl groups is 1. The van der Waals surface area contributed by atoms with Crippen LogP contribution in [0.4, 0.5) is 0 Å². The van der Waals surface area contributed by atoms with E-state index >= 15 is 0 Å². The Bertz CT molecular complexity index is 1090. The standard InChI is InChI=1S/C29H40N4O2/c1-20(17-27(35)30-18-22-19-33(32-31-22)23-9-7-6-8-10-23)11-13-24-21(2)12-14-25-28(3,4)26(34)15-16-29(24,25)5/h6-10,17,19,24-26,34H,2,11-16,18H2,1,3-5H3,(H,30,35)/b20-17+/t24-,25-,26-,29+/m1/s1. The molecule has 1 aromatic carbocycles. The molecule has 0 radical (unpaired) electrons. The van der Waals surface area contributed by atoms with Crippen LogP contribution in [0.1, 0.15) is 71.9 Å². The number of carbonyl (C=O) groups is 1. The van der Waals surface area contributed by atoms with Crippen molar-refractivity contribution in [2.75, 3.05) is 0 Å². The van der Waals surface area contributed by atoms with Crippen LogP contribution in [-0.4, -0.2) is 32.1 Å². The summed E-state index contributed by atoms with van der Waals surface area (Å²) in [6.07, 6.45) is 9.23. The van der Waals surface area contributed by atoms with Gasteiger partial charge in [-0.1, -0.05) is 61.9 Å². The van der Waals surface area contributed by atoms with Crippen LogP contribution in [0, 0.1) is 22.7 Å². The van der Waals surface area contributed by atoms with Crippen molar-refractivity contribution < 1.29 is 9.90 Å². The summed E-state index contributed by atoms with van der Waals surface area (Å²) in [6, 6.07) is 9.78. The molecule has 188 valence electrons. The van der Waals surface area contributed by atoms with Gasteiger partial charge in [-0.3, -0.25) is 4.79 Å². The second-order valence-electron chi connectivity index (χ2n) is 11.4. The molecule has 2 aliphatic rings. The van der Waals surface area contributed by atoms with Gasteiger partial charge in [0.15, 0.2) is 0 Å². The molecule has 4 rings (SSSR count). The van der Waals surface area contributed by atoms with Crippen LogP contribution in [0.3, 0.4) is 0 Å². The number of fused-ring (bicyclic) bond motifs is 1. The zero-order valence-electron chi connectivity index (χ0n) is 21.6. The highest BCUT2D eigenvalue weighted by Crippen LogP contribution is 2.61. The molecule has 0 bridgehead atoms. The highest BCUT2D eigenvalue weighted by molar-refractivity contribution is 5.88. The molecule has 6 nitrogen and oxygen atoms in total. The Morgan fingerprint density at radius 2 is 2.00 bits per heavy atom. The average molecular weight is 477 g/mol. The van der Waals surface area contributed by atoms with Gasteiger partial charge in [-0.05, 0) is 80.2 Å². The van der Waals surface area contributed by atoms with Crippen molar-refractivity contribution >= 4 is 5.91 Å². The lowest BCUT2D eigenvalue weighted by atomic mass is 9.46. The first kappa shape index (κ1) is 25.4. The number of benzene rings is 1. The van der Waals surface area contributed by atoms with Crippen molar-refractivity contribution in [3.05, 3.63) is 66.0 Å². The second-order valence-corrected chi connectivity index (χ2v) is 11.4. The van der Waals surface area contributed by atoms with E-state index in [0.29, 0.717) is 24.1 Å². The Balaban J connectivity index is 1.33. The summed E-state index contributed by atoms with van der Waals surface area (Å²) in [5, 5.41) is 21.9. The van der Waals surface area contributed by atoms with Gasteiger partial charge in [0, 0.05) is 6.08 Å². The lowest BCUT2D eigenvalue weighted by molar-refractivity contribution is -0.124. The van der Waals surface area contributed by atoms with Crippen LogP contribution in [0.15, 0.2) is 60.3 Å². The van der Waals surface area contributed by atoms with Gasteiger partial charge in [-0.15, -0.1) is 5.10 Å². The van der Waals surface area contributed by atoms with Gasteiger partial charge in [0.1, 0.15) is 5.69 Å². The monoisotopic (exact) mass is 476 g/mol. The van der Waals surface area contributed by atoms with E-state index in [1.54, 1.807) is 10.8 Å². The maximum Gasteiger partial charge on any atom is 0.244 e. The van der Waals surface area contributed by atoms with E-state index in [4.69, 9.17) is 0 Å². The molecule has 2 fully saturated rings. The molecule has 35 heavy (non-hydrogen) atoms. The number of aromatic nitrogens is 3. The van der Waals surface area contributed by atoms with Crippen LogP contribution in [0.25, 0.3) is 5.69 Å². The minimum absolute atomic E-state index is 0.0704. The molecule has 0 unspecified atom stereocenters. The minimum Gasteiger partial charge on any atom is -0.393 e. The number of nitrogens with one attached hydrogen (secondary N) is 1. The number of aliphatic hydroxyl groups excluding tert-OH is 1. The summed E-state index contributed by atoms with van der Waals surface area (Å²) in [6.45, 7) is 13.7. The van der Waals surface area contributed by atoms with Gasteiger partial charge in [0.2, 0.25) is 5.91 Å². The molecule has 1 aromatic heterocycles. The molecule has 6 heteroatoms. The predicted molar refractivity (Wildman–Crippen MR) is 139 cm³/mol. The fraction of sp³-hybridized carbons (Fsp3) is 0.552. The predicted octanol–water partition coefficient (Wildman–Crippen LogP) is 5.38. The van der Waals surface area contributed by atoms with E-state index in [1.807, 2.05) is 43.5 Å². The van der Waals surface area contributed by atoms with Gasteiger partial charge < -0.3 is 10.4 Å². The highest BCUT2D eigenvalue weighted by Gasteiger charge is 2.55. The van der Waals surface area contributed by atoms with Gasteiger partial charge in [0.05, 0.1) is 24.5 Å². The Morgan fingerprint density at radius 3 is 2.74 bits per heavy atom. The van der Waals surface area contributed by atoms with E-state index in [1.165, 1.54) is 5.57 Å². The fourth-order valence-corrected chi connectivity index (χ4v) is 6.68. The van der Waals surface area contributed by atoms with E-state index in [9.17, 15) is 9.90 Å². The quantitative estimate of drug-likeness (QED) is 0.415. The molecule has 1 heterocycles. The number of allylic oxidation sites excluding steroid dienone is 2. The SMILES string of the molecule is C=C1CC[C@@H]2C(C)(C)[C@H](O)CC[C@@]2(C)[C@@H]1CC/C(C)=C/C(=O)NCc1cn(-c2ccccc2)nn1. The van der Waals surface area contributed by atoms with E-state index in [-0.39, 0.29) is 22.8 Å². The summed E-state index contributed by atoms with van der Waals surface area (Å²) < 4.78 is 1.71. The van der Waals surface area contributed by atoms with Crippen LogP contribution in [-0.2, 0) is 11.3 Å². The number of hydrogen-bond donors (Lipinski definition) is 2. The molecule has 2 saturated carbocycles. The Kier molecular flexibility index (Phi) is 7.32. The van der Waals surface area contributed by atoms with Gasteiger partial charge in [-0.25, -0.2) is 4.68 Å². The van der Waals surface area contributed by atoms with Crippen LogP contribution in [0.2, 0.25) is 0 Å². The maximum atomic E-state index is 12.5. The summed E-state index contributed by atoms with van der Waals surface area (Å²) >= 11 is 0. The summed E-state index contributed by atoms with van der Waals surface area (Å²) in [7, 11) is 0. The van der Waals surface area contributed by atoms with Crippen LogP contribution < -0.4 is 5.32 Å². The van der Waals surface area contributed by atoms with Crippen LogP contribution in [0.5, 0.6) is 0 Å². The van der Waals surface area contributed by atoms with Gasteiger partial charge in [-0.2, -0.15) is 0 Å². The van der Waals surface area contributed by atoms with Crippen molar-refractivity contribution in [1.29, 1.82) is 0 Å². The van der Waals surface area contributed by atoms with Crippen molar-refractivity contribution in [1.82, 2.24) is 20.3 Å². The molecular weight excluding hydrogens is 436 g/mol. The number of nitrogens with zero attached hydrogens (tertiary/aromatic N) is 3. The lowest BCUT2D eigenvalue weighted by Gasteiger charge is -2.59. The minimum atomic E-state index is -0.229.